The number of nitrogens with one attached hydrogen (secondary N) is 1. The first kappa shape index (κ1) is 19.9. The Balaban J connectivity index is 1.49. The number of likely N-dealkylation sites (tertiary alicyclic amines) is 1. The maximum atomic E-state index is 12.7. The van der Waals surface area contributed by atoms with Crippen LogP contribution in [-0.4, -0.2) is 35.9 Å². The molecular weight excluding hydrogens is 352 g/mol. The topological polar surface area (TPSA) is 58.6 Å². The summed E-state index contributed by atoms with van der Waals surface area (Å²) in [5.74, 6) is 0.707. The van der Waals surface area contributed by atoms with Gasteiger partial charge in [-0.05, 0) is 37.5 Å². The predicted molar refractivity (Wildman–Crippen MR) is 109 cm³/mol. The molecule has 1 N–H and O–H groups in total. The summed E-state index contributed by atoms with van der Waals surface area (Å²) in [6.45, 7) is 5.42. The van der Waals surface area contributed by atoms with Crippen molar-refractivity contribution in [1.29, 1.82) is 0 Å². The van der Waals surface area contributed by atoms with Crippen LogP contribution in [-0.2, 0) is 16.1 Å². The number of para-hydroxylation sites is 1. The molecule has 28 heavy (non-hydrogen) atoms. The molecule has 0 saturated carbocycles. The van der Waals surface area contributed by atoms with Crippen LogP contribution in [0.25, 0.3) is 0 Å². The van der Waals surface area contributed by atoms with E-state index in [1.54, 1.807) is 11.8 Å². The molecule has 5 nitrogen and oxygen atoms in total. The van der Waals surface area contributed by atoms with Crippen molar-refractivity contribution in [2.75, 3.05) is 13.1 Å². The first-order valence-corrected chi connectivity index (χ1v) is 9.81. The zero-order chi connectivity index (χ0) is 20.0. The summed E-state index contributed by atoms with van der Waals surface area (Å²) in [4.78, 5) is 27.2. The minimum absolute atomic E-state index is 0.0319. The van der Waals surface area contributed by atoms with E-state index < -0.39 is 11.5 Å². The van der Waals surface area contributed by atoms with E-state index >= 15 is 0 Å². The molecule has 5 heteroatoms. The molecule has 1 unspecified atom stereocenters. The van der Waals surface area contributed by atoms with Crippen LogP contribution in [0.4, 0.5) is 0 Å². The van der Waals surface area contributed by atoms with E-state index in [4.69, 9.17) is 4.74 Å². The number of hydrogen-bond acceptors (Lipinski definition) is 3. The normalized spacial score (nSPS) is 16.9. The molecule has 2 amide bonds. The predicted octanol–water partition coefficient (Wildman–Crippen LogP) is 3.40. The van der Waals surface area contributed by atoms with Crippen molar-refractivity contribution in [3.05, 3.63) is 66.2 Å². The molecular formula is C23H28N2O3. The second-order valence-corrected chi connectivity index (χ2v) is 7.63. The lowest BCUT2D eigenvalue weighted by Gasteiger charge is -2.39. The number of rotatable bonds is 6. The molecule has 1 aliphatic rings. The average molecular weight is 380 g/mol. The second-order valence-electron chi connectivity index (χ2n) is 7.63. The molecule has 0 spiro atoms. The fourth-order valence-electron chi connectivity index (χ4n) is 3.45. The van der Waals surface area contributed by atoms with Gasteiger partial charge < -0.3 is 15.0 Å². The van der Waals surface area contributed by atoms with Crippen LogP contribution < -0.4 is 10.1 Å². The van der Waals surface area contributed by atoms with Crippen molar-refractivity contribution < 1.29 is 14.3 Å². The van der Waals surface area contributed by atoms with Crippen LogP contribution in [0.2, 0.25) is 0 Å². The molecule has 148 valence electrons. The third-order valence-corrected chi connectivity index (χ3v) is 5.43. The molecule has 1 atom stereocenters. The van der Waals surface area contributed by atoms with Crippen molar-refractivity contribution in [3.8, 4) is 5.75 Å². The molecule has 3 rings (SSSR count). The van der Waals surface area contributed by atoms with Gasteiger partial charge in [0.2, 0.25) is 5.91 Å². The highest BCUT2D eigenvalue weighted by Gasteiger charge is 2.38. The third kappa shape index (κ3) is 4.91. The SMILES string of the molecule is CC(Oc1ccccc1)C(=O)N1CCC(C)(C(=O)NCc2ccccc2)CC1. The van der Waals surface area contributed by atoms with Gasteiger partial charge >= 0.3 is 0 Å². The van der Waals surface area contributed by atoms with Gasteiger partial charge in [0.25, 0.3) is 5.91 Å². The van der Waals surface area contributed by atoms with Crippen molar-refractivity contribution in [2.45, 2.75) is 39.3 Å². The Kier molecular flexibility index (Phi) is 6.34. The number of benzene rings is 2. The zero-order valence-corrected chi connectivity index (χ0v) is 16.6. The third-order valence-electron chi connectivity index (χ3n) is 5.43. The lowest BCUT2D eigenvalue weighted by Crippen LogP contribution is -2.51. The fraction of sp³-hybridized carbons (Fsp3) is 0.391. The molecule has 0 radical (unpaired) electrons. The van der Waals surface area contributed by atoms with Gasteiger partial charge in [-0.1, -0.05) is 55.5 Å². The fourth-order valence-corrected chi connectivity index (χ4v) is 3.45. The highest BCUT2D eigenvalue weighted by molar-refractivity contribution is 5.84. The summed E-state index contributed by atoms with van der Waals surface area (Å²) in [7, 11) is 0. The Hall–Kier alpha value is -2.82. The van der Waals surface area contributed by atoms with E-state index in [0.717, 1.165) is 5.56 Å². The largest absolute Gasteiger partial charge is 0.481 e. The lowest BCUT2D eigenvalue weighted by atomic mass is 9.79. The summed E-state index contributed by atoms with van der Waals surface area (Å²) < 4.78 is 5.75. The van der Waals surface area contributed by atoms with Crippen molar-refractivity contribution in [2.24, 2.45) is 5.41 Å². The molecule has 0 aliphatic carbocycles. The molecule has 1 saturated heterocycles. The first-order valence-electron chi connectivity index (χ1n) is 9.81. The van der Waals surface area contributed by atoms with Gasteiger partial charge in [-0.15, -0.1) is 0 Å². The highest BCUT2D eigenvalue weighted by Crippen LogP contribution is 2.31. The number of carbonyl (C=O) groups is 2. The lowest BCUT2D eigenvalue weighted by molar-refractivity contribution is -0.144. The van der Waals surface area contributed by atoms with Crippen LogP contribution in [0.15, 0.2) is 60.7 Å². The van der Waals surface area contributed by atoms with Gasteiger partial charge in [-0.2, -0.15) is 0 Å². The van der Waals surface area contributed by atoms with E-state index in [2.05, 4.69) is 5.32 Å². The number of carbonyl (C=O) groups excluding carboxylic acids is 2. The van der Waals surface area contributed by atoms with E-state index in [1.165, 1.54) is 0 Å². The minimum Gasteiger partial charge on any atom is -0.481 e. The molecule has 1 heterocycles. The van der Waals surface area contributed by atoms with Crippen LogP contribution in [0, 0.1) is 5.41 Å². The first-order chi connectivity index (χ1) is 13.5. The Morgan fingerprint density at radius 1 is 1.04 bits per heavy atom. The van der Waals surface area contributed by atoms with Gasteiger partial charge in [0.1, 0.15) is 5.75 Å². The molecule has 2 aromatic carbocycles. The van der Waals surface area contributed by atoms with Crippen molar-refractivity contribution >= 4 is 11.8 Å². The van der Waals surface area contributed by atoms with Gasteiger partial charge in [0.15, 0.2) is 6.10 Å². The zero-order valence-electron chi connectivity index (χ0n) is 16.6. The van der Waals surface area contributed by atoms with E-state index in [1.807, 2.05) is 67.6 Å². The number of piperidine rings is 1. The van der Waals surface area contributed by atoms with Crippen molar-refractivity contribution in [1.82, 2.24) is 10.2 Å². The summed E-state index contributed by atoms with van der Waals surface area (Å²) in [6, 6.07) is 19.2. The number of amides is 2. The van der Waals surface area contributed by atoms with Gasteiger partial charge in [0.05, 0.1) is 0 Å². The summed E-state index contributed by atoms with van der Waals surface area (Å²) >= 11 is 0. The van der Waals surface area contributed by atoms with E-state index in [-0.39, 0.29) is 11.8 Å². The highest BCUT2D eigenvalue weighted by atomic mass is 16.5. The van der Waals surface area contributed by atoms with Gasteiger partial charge in [0, 0.05) is 25.0 Å². The smallest absolute Gasteiger partial charge is 0.263 e. The van der Waals surface area contributed by atoms with Crippen LogP contribution in [0.5, 0.6) is 5.75 Å². The maximum Gasteiger partial charge on any atom is 0.263 e. The molecule has 2 aromatic rings. The van der Waals surface area contributed by atoms with E-state index in [9.17, 15) is 9.59 Å². The quantitative estimate of drug-likeness (QED) is 0.836. The number of nitrogens with zero attached hydrogens (tertiary/aromatic N) is 1. The monoisotopic (exact) mass is 380 g/mol. The van der Waals surface area contributed by atoms with E-state index in [0.29, 0.717) is 38.2 Å². The Labute approximate surface area is 166 Å². The molecule has 1 fully saturated rings. The van der Waals surface area contributed by atoms with Crippen LogP contribution in [0.1, 0.15) is 32.3 Å². The molecule has 1 aliphatic heterocycles. The standard InChI is InChI=1S/C23H28N2O3/c1-18(28-20-11-7-4-8-12-20)21(26)25-15-13-23(2,14-16-25)22(27)24-17-19-9-5-3-6-10-19/h3-12,18H,13-17H2,1-2H3,(H,24,27). The van der Waals surface area contributed by atoms with Crippen LogP contribution in [0.3, 0.4) is 0 Å². The van der Waals surface area contributed by atoms with Crippen LogP contribution >= 0.6 is 0 Å². The average Bonchev–Trinajstić information content (AvgIpc) is 2.73. The molecule has 0 bridgehead atoms. The van der Waals surface area contributed by atoms with Crippen molar-refractivity contribution in [3.63, 3.8) is 0 Å². The molecule has 0 aromatic heterocycles. The Morgan fingerprint density at radius 2 is 1.61 bits per heavy atom. The Bertz CT molecular complexity index is 784. The van der Waals surface area contributed by atoms with Gasteiger partial charge in [-0.3, -0.25) is 9.59 Å². The van der Waals surface area contributed by atoms with Gasteiger partial charge in [-0.25, -0.2) is 0 Å². The summed E-state index contributed by atoms with van der Waals surface area (Å²) in [5.41, 5.74) is 0.633. The number of ether oxygens (including phenoxy) is 1. The summed E-state index contributed by atoms with van der Waals surface area (Å²) in [5, 5.41) is 3.04. The minimum atomic E-state index is -0.543. The maximum absolute atomic E-state index is 12.7. The summed E-state index contributed by atoms with van der Waals surface area (Å²) in [6.07, 6.45) is 0.758. The second kappa shape index (κ2) is 8.91. The Morgan fingerprint density at radius 3 is 2.21 bits per heavy atom. The number of hydrogen-bond donors (Lipinski definition) is 1.